The van der Waals surface area contributed by atoms with Crippen molar-refractivity contribution < 1.29 is 0 Å². The number of allylic oxidation sites excluding steroid dienone is 4. The van der Waals surface area contributed by atoms with Gasteiger partial charge in [0, 0.05) is 74.7 Å². The van der Waals surface area contributed by atoms with Gasteiger partial charge in [-0.1, -0.05) is 55.4 Å². The molecule has 274 valence electrons. The Morgan fingerprint density at radius 3 is 0.604 bits per heavy atom. The molecule has 0 spiro atoms. The second kappa shape index (κ2) is 13.3. The Labute approximate surface area is 298 Å². The lowest BCUT2D eigenvalue weighted by molar-refractivity contribution is -0.128. The zero-order chi connectivity index (χ0) is 35.0. The molecule has 0 aromatic rings. The standard InChI is InChI=1S/C44H78N4/c1-27-15-28(2)20-35(19-27)39-40(36-21-29(3)16-30(4)22-36)46(12)43(9,45(39)11)44(10)47(13)41(37-23-31(5)17-32(6)24-37)42(48(44)14)38-25-33(7)18-34(8)26-38/h27-38H,15-26H2,1-14H3. The van der Waals surface area contributed by atoms with Crippen LogP contribution in [0.4, 0.5) is 0 Å². The van der Waals surface area contributed by atoms with E-state index >= 15 is 0 Å². The first-order valence-corrected chi connectivity index (χ1v) is 20.9. The van der Waals surface area contributed by atoms with Crippen LogP contribution in [-0.4, -0.2) is 59.1 Å². The molecular weight excluding hydrogens is 585 g/mol. The number of hydrogen-bond donors (Lipinski definition) is 0. The second-order valence-corrected chi connectivity index (χ2v) is 20.3. The average Bonchev–Trinajstić information content (AvgIpc) is 3.31. The van der Waals surface area contributed by atoms with Crippen LogP contribution >= 0.6 is 0 Å². The van der Waals surface area contributed by atoms with Crippen molar-refractivity contribution in [2.75, 3.05) is 28.2 Å². The molecule has 0 aromatic carbocycles. The Morgan fingerprint density at radius 1 is 0.312 bits per heavy atom. The van der Waals surface area contributed by atoms with Gasteiger partial charge in [-0.15, -0.1) is 0 Å². The van der Waals surface area contributed by atoms with E-state index in [1.165, 1.54) is 77.0 Å². The highest BCUT2D eigenvalue weighted by atomic mass is 15.6. The highest BCUT2D eigenvalue weighted by Gasteiger charge is 2.65. The molecule has 0 saturated heterocycles. The third kappa shape index (κ3) is 5.95. The quantitative estimate of drug-likeness (QED) is 0.290. The second-order valence-electron chi connectivity index (χ2n) is 20.3. The first-order valence-electron chi connectivity index (χ1n) is 20.9. The van der Waals surface area contributed by atoms with Crippen molar-refractivity contribution in [1.29, 1.82) is 0 Å². The first kappa shape index (κ1) is 36.5. The van der Waals surface area contributed by atoms with Gasteiger partial charge in [0.15, 0.2) is 11.3 Å². The lowest BCUT2D eigenvalue weighted by Gasteiger charge is -2.59. The number of rotatable bonds is 5. The van der Waals surface area contributed by atoms with Gasteiger partial charge in [0.2, 0.25) is 0 Å². The zero-order valence-corrected chi connectivity index (χ0v) is 34.2. The molecule has 6 rings (SSSR count). The van der Waals surface area contributed by atoms with Crippen molar-refractivity contribution in [1.82, 2.24) is 19.6 Å². The first-order chi connectivity index (χ1) is 22.5. The highest BCUT2D eigenvalue weighted by molar-refractivity contribution is 5.37. The Bertz CT molecular complexity index is 1010. The van der Waals surface area contributed by atoms with Crippen LogP contribution in [0.2, 0.25) is 0 Å². The molecule has 6 aliphatic rings. The molecule has 8 atom stereocenters. The lowest BCUT2D eigenvalue weighted by atomic mass is 9.71. The van der Waals surface area contributed by atoms with Crippen LogP contribution < -0.4 is 0 Å². The molecule has 2 heterocycles. The van der Waals surface area contributed by atoms with Gasteiger partial charge in [-0.05, 0) is 138 Å². The molecule has 4 heteroatoms. The summed E-state index contributed by atoms with van der Waals surface area (Å²) in [4.78, 5) is 11.5. The zero-order valence-electron chi connectivity index (χ0n) is 34.2. The summed E-state index contributed by atoms with van der Waals surface area (Å²) in [7, 11) is 10.1. The summed E-state index contributed by atoms with van der Waals surface area (Å²) < 4.78 is 0. The molecule has 0 N–H and O–H groups in total. The minimum absolute atomic E-state index is 0.195. The van der Waals surface area contributed by atoms with Crippen LogP contribution in [0.15, 0.2) is 22.8 Å². The topological polar surface area (TPSA) is 13.0 Å². The fourth-order valence-corrected chi connectivity index (χ4v) is 14.0. The summed E-state index contributed by atoms with van der Waals surface area (Å²) in [5, 5.41) is 0. The van der Waals surface area contributed by atoms with Crippen LogP contribution in [0.1, 0.15) is 146 Å². The van der Waals surface area contributed by atoms with E-state index in [1.807, 2.05) is 0 Å². The van der Waals surface area contributed by atoms with Crippen molar-refractivity contribution in [2.24, 2.45) is 71.0 Å². The number of nitrogens with zero attached hydrogens (tertiary/aromatic N) is 4. The predicted molar refractivity (Wildman–Crippen MR) is 205 cm³/mol. The van der Waals surface area contributed by atoms with E-state index in [0.717, 1.165) is 47.3 Å². The van der Waals surface area contributed by atoms with Gasteiger partial charge in [0.05, 0.1) is 0 Å². The Morgan fingerprint density at radius 2 is 0.458 bits per heavy atom. The minimum atomic E-state index is -0.195. The van der Waals surface area contributed by atoms with Gasteiger partial charge >= 0.3 is 0 Å². The maximum absolute atomic E-state index is 2.88. The number of hydrogen-bond acceptors (Lipinski definition) is 4. The Balaban J connectivity index is 1.47. The normalized spacial score (nSPS) is 47.9. The molecule has 2 aliphatic heterocycles. The largest absolute Gasteiger partial charge is 0.350 e. The third-order valence-electron chi connectivity index (χ3n) is 15.7. The maximum atomic E-state index is 2.88. The lowest BCUT2D eigenvalue weighted by Crippen LogP contribution is -2.73. The van der Waals surface area contributed by atoms with Crippen LogP contribution in [0.25, 0.3) is 0 Å². The minimum Gasteiger partial charge on any atom is -0.350 e. The SMILES string of the molecule is CC1CC(C)CC(C2=C(C3CC(C)CC(C)C3)N(C)C(C)(C3(C)N(C)C(C4CC(C)CC(C)C4)=C(C4CC(C)CC(C)C4)N3C)N2C)C1. The van der Waals surface area contributed by atoms with E-state index < -0.39 is 0 Å². The summed E-state index contributed by atoms with van der Waals surface area (Å²) >= 11 is 0. The average molecular weight is 663 g/mol. The van der Waals surface area contributed by atoms with Crippen LogP contribution in [-0.2, 0) is 0 Å². The van der Waals surface area contributed by atoms with Gasteiger partial charge in [-0.3, -0.25) is 0 Å². The summed E-state index contributed by atoms with van der Waals surface area (Å²) in [5.41, 5.74) is 6.51. The Hall–Kier alpha value is -1.32. The van der Waals surface area contributed by atoms with Gasteiger partial charge in [0.25, 0.3) is 0 Å². The smallest absolute Gasteiger partial charge is 0.152 e. The molecule has 0 amide bonds. The fraction of sp³-hybridized carbons (Fsp3) is 0.909. The van der Waals surface area contributed by atoms with Crippen molar-refractivity contribution in [3.63, 3.8) is 0 Å². The van der Waals surface area contributed by atoms with Crippen LogP contribution in [0, 0.1) is 71.0 Å². The van der Waals surface area contributed by atoms with E-state index in [4.69, 9.17) is 0 Å². The van der Waals surface area contributed by atoms with Gasteiger partial charge in [0.1, 0.15) is 0 Å². The van der Waals surface area contributed by atoms with Crippen molar-refractivity contribution in [2.45, 2.75) is 158 Å². The molecule has 4 aliphatic carbocycles. The van der Waals surface area contributed by atoms with E-state index in [2.05, 4.69) is 117 Å². The third-order valence-corrected chi connectivity index (χ3v) is 15.7. The molecule has 48 heavy (non-hydrogen) atoms. The highest BCUT2D eigenvalue weighted by Crippen LogP contribution is 2.59. The van der Waals surface area contributed by atoms with Gasteiger partial charge in [-0.25, -0.2) is 0 Å². The van der Waals surface area contributed by atoms with Crippen molar-refractivity contribution in [3.8, 4) is 0 Å². The van der Waals surface area contributed by atoms with Gasteiger partial charge < -0.3 is 19.6 Å². The molecule has 4 nitrogen and oxygen atoms in total. The predicted octanol–water partition coefficient (Wildman–Crippen LogP) is 10.9. The summed E-state index contributed by atoms with van der Waals surface area (Å²) in [6.45, 7) is 25.6. The molecule has 4 fully saturated rings. The molecule has 0 aromatic heterocycles. The molecule has 8 unspecified atom stereocenters. The summed E-state index contributed by atoms with van der Waals surface area (Å²) in [6, 6.07) is 0. The van der Waals surface area contributed by atoms with Gasteiger partial charge in [-0.2, -0.15) is 0 Å². The van der Waals surface area contributed by atoms with Crippen molar-refractivity contribution in [3.05, 3.63) is 22.8 Å². The molecule has 4 saturated carbocycles. The van der Waals surface area contributed by atoms with Crippen LogP contribution in [0.3, 0.4) is 0 Å². The molecule has 0 bridgehead atoms. The van der Waals surface area contributed by atoms with E-state index in [0.29, 0.717) is 23.7 Å². The van der Waals surface area contributed by atoms with E-state index in [9.17, 15) is 0 Å². The van der Waals surface area contributed by atoms with E-state index in [-0.39, 0.29) is 11.3 Å². The van der Waals surface area contributed by atoms with Crippen LogP contribution in [0.5, 0.6) is 0 Å². The summed E-state index contributed by atoms with van der Waals surface area (Å²) in [6.07, 6.45) is 16.4. The number of likely N-dealkylation sites (N-methyl/N-ethyl adjacent to an activating group) is 4. The molecule has 0 radical (unpaired) electrons. The fourth-order valence-electron chi connectivity index (χ4n) is 14.0. The Kier molecular flexibility index (Phi) is 10.1. The van der Waals surface area contributed by atoms with E-state index in [1.54, 1.807) is 22.8 Å². The molecular formula is C44H78N4. The monoisotopic (exact) mass is 663 g/mol. The summed E-state index contributed by atoms with van der Waals surface area (Å²) in [5.74, 6) is 9.09. The van der Waals surface area contributed by atoms with Crippen molar-refractivity contribution >= 4 is 0 Å². The maximum Gasteiger partial charge on any atom is 0.152 e.